The van der Waals surface area contributed by atoms with Crippen molar-refractivity contribution in [2.24, 2.45) is 0 Å². The molecule has 1 amide bonds. The van der Waals surface area contributed by atoms with Crippen LogP contribution in [0.3, 0.4) is 0 Å². The van der Waals surface area contributed by atoms with Gasteiger partial charge in [0, 0.05) is 28.0 Å². The summed E-state index contributed by atoms with van der Waals surface area (Å²) in [5, 5.41) is 22.8. The molecule has 0 aliphatic rings. The van der Waals surface area contributed by atoms with Crippen molar-refractivity contribution in [1.29, 1.82) is 0 Å². The molecule has 0 saturated carbocycles. The van der Waals surface area contributed by atoms with E-state index in [2.05, 4.69) is 20.6 Å². The van der Waals surface area contributed by atoms with E-state index >= 15 is 0 Å². The zero-order chi connectivity index (χ0) is 23.2. The van der Waals surface area contributed by atoms with Gasteiger partial charge in [0.05, 0.1) is 5.69 Å². The van der Waals surface area contributed by atoms with E-state index in [0.717, 1.165) is 21.0 Å². The number of carbonyl (C=O) groups excluding carboxylic acids is 1. The van der Waals surface area contributed by atoms with E-state index in [1.54, 1.807) is 36.2 Å². The summed E-state index contributed by atoms with van der Waals surface area (Å²) in [6, 6.07) is 21.7. The van der Waals surface area contributed by atoms with Crippen molar-refractivity contribution in [3.8, 4) is 17.1 Å². The molecule has 4 rings (SSSR count). The fraction of sp³-hybridized carbons (Fsp3) is 0.0870. The van der Waals surface area contributed by atoms with Gasteiger partial charge >= 0.3 is 5.97 Å². The summed E-state index contributed by atoms with van der Waals surface area (Å²) >= 11 is 1.51. The maximum atomic E-state index is 13.1. The van der Waals surface area contributed by atoms with Crippen LogP contribution in [0.1, 0.15) is 10.4 Å². The van der Waals surface area contributed by atoms with Crippen LogP contribution in [0.2, 0.25) is 0 Å². The molecule has 1 heterocycles. The van der Waals surface area contributed by atoms with Gasteiger partial charge in [0.2, 0.25) is 0 Å². The second-order valence-electron chi connectivity index (χ2n) is 6.89. The Labute approximate surface area is 193 Å². The first-order valence-corrected chi connectivity index (χ1v) is 10.7. The molecular weight excluding hydrogens is 442 g/mol. The molecule has 2 N–H and O–H groups in total. The average Bonchev–Trinajstić information content (AvgIpc) is 3.38. The highest BCUT2D eigenvalue weighted by Crippen LogP contribution is 2.39. The molecule has 0 bridgehead atoms. The maximum absolute atomic E-state index is 13.1. The molecule has 4 aromatic rings. The van der Waals surface area contributed by atoms with E-state index in [1.807, 2.05) is 48.5 Å². The number of benzene rings is 3. The average molecular weight is 462 g/mol. The van der Waals surface area contributed by atoms with Gasteiger partial charge in [-0.05, 0) is 59.0 Å². The number of nitrogens with zero attached hydrogens (tertiary/aromatic N) is 4. The van der Waals surface area contributed by atoms with E-state index in [9.17, 15) is 9.59 Å². The third-order valence-electron chi connectivity index (χ3n) is 4.70. The van der Waals surface area contributed by atoms with Crippen LogP contribution in [0, 0.1) is 0 Å². The molecule has 0 aliphatic heterocycles. The number of rotatable bonds is 8. The second-order valence-corrected chi connectivity index (χ2v) is 7.97. The van der Waals surface area contributed by atoms with Crippen LogP contribution in [0.5, 0.6) is 5.75 Å². The van der Waals surface area contributed by atoms with Gasteiger partial charge in [-0.3, -0.25) is 4.79 Å². The Kier molecular flexibility index (Phi) is 6.65. The lowest BCUT2D eigenvalue weighted by molar-refractivity contribution is -0.139. The van der Waals surface area contributed by atoms with Crippen molar-refractivity contribution in [3.05, 3.63) is 78.4 Å². The Morgan fingerprint density at radius 1 is 1.00 bits per heavy atom. The molecule has 0 atom stereocenters. The number of ether oxygens (including phenoxy) is 1. The quantitative estimate of drug-likeness (QED) is 0.407. The topological polar surface area (TPSA) is 121 Å². The van der Waals surface area contributed by atoms with E-state index in [1.165, 1.54) is 11.8 Å². The van der Waals surface area contributed by atoms with Crippen LogP contribution in [0.15, 0.2) is 82.6 Å². The third-order valence-corrected chi connectivity index (χ3v) is 5.84. The number of para-hydroxylation sites is 1. The molecule has 0 saturated heterocycles. The summed E-state index contributed by atoms with van der Waals surface area (Å²) in [5.41, 5.74) is 2.05. The first-order chi connectivity index (χ1) is 16.0. The normalized spacial score (nSPS) is 10.6. The van der Waals surface area contributed by atoms with Crippen LogP contribution >= 0.6 is 11.8 Å². The summed E-state index contributed by atoms with van der Waals surface area (Å²) in [7, 11) is 1.71. The van der Waals surface area contributed by atoms with Gasteiger partial charge in [-0.25, -0.2) is 9.89 Å². The molecular formula is C23H19N5O4S. The van der Waals surface area contributed by atoms with E-state index in [4.69, 9.17) is 9.84 Å². The molecule has 0 unspecified atom stereocenters. The number of tetrazole rings is 1. The summed E-state index contributed by atoms with van der Waals surface area (Å²) in [4.78, 5) is 27.2. The molecule has 33 heavy (non-hydrogen) atoms. The molecule has 0 aliphatic carbocycles. The number of nitrogens with one attached hydrogen (secondary N) is 1. The van der Waals surface area contributed by atoms with E-state index in [0.29, 0.717) is 17.1 Å². The monoisotopic (exact) mass is 461 g/mol. The van der Waals surface area contributed by atoms with Crippen LogP contribution in [0.25, 0.3) is 11.4 Å². The number of anilines is 1. The number of H-pyrrole nitrogens is 1. The van der Waals surface area contributed by atoms with Crippen molar-refractivity contribution in [2.45, 2.75) is 9.79 Å². The van der Waals surface area contributed by atoms with Crippen molar-refractivity contribution < 1.29 is 19.4 Å². The summed E-state index contributed by atoms with van der Waals surface area (Å²) in [6.07, 6.45) is 0. The number of aromatic nitrogens is 4. The molecule has 0 spiro atoms. The van der Waals surface area contributed by atoms with Crippen molar-refractivity contribution in [2.75, 3.05) is 18.6 Å². The summed E-state index contributed by atoms with van der Waals surface area (Å²) in [5.74, 6) is -0.331. The number of hydrogen-bond acceptors (Lipinski definition) is 7. The second kappa shape index (κ2) is 9.96. The Bertz CT molecular complexity index is 1260. The first-order valence-electron chi connectivity index (χ1n) is 9.85. The smallest absolute Gasteiger partial charge is 0.341 e. The summed E-state index contributed by atoms with van der Waals surface area (Å²) < 4.78 is 5.13. The highest BCUT2D eigenvalue weighted by molar-refractivity contribution is 7.99. The maximum Gasteiger partial charge on any atom is 0.341 e. The first kappa shape index (κ1) is 22.0. The van der Waals surface area contributed by atoms with Gasteiger partial charge < -0.3 is 14.7 Å². The SMILES string of the molecule is CN(C(=O)c1ccc(OCC(=O)O)cc1)c1ccccc1Sc1ccccc1-c1nnn[nH]1. The predicted octanol–water partition coefficient (Wildman–Crippen LogP) is 3.76. The number of carbonyl (C=O) groups is 2. The van der Waals surface area contributed by atoms with Gasteiger partial charge in [0.15, 0.2) is 12.4 Å². The summed E-state index contributed by atoms with van der Waals surface area (Å²) in [6.45, 7) is -0.441. The Balaban J connectivity index is 1.57. The molecule has 3 aromatic carbocycles. The number of amides is 1. The fourth-order valence-electron chi connectivity index (χ4n) is 3.11. The zero-order valence-corrected chi connectivity index (χ0v) is 18.3. The highest BCUT2D eigenvalue weighted by Gasteiger charge is 2.18. The standard InChI is InChI=1S/C23H19N5O4S/c1-28(23(31)15-10-12-16(13-11-15)32-14-21(29)30)18-7-3-5-9-20(18)33-19-8-4-2-6-17(19)22-24-26-27-25-22/h2-13H,14H2,1H3,(H,29,30)(H,24,25,26,27). The van der Waals surface area contributed by atoms with Crippen LogP contribution in [0.4, 0.5) is 5.69 Å². The number of carboxylic acid groups (broad SMARTS) is 1. The minimum atomic E-state index is -1.06. The van der Waals surface area contributed by atoms with Crippen molar-refractivity contribution in [1.82, 2.24) is 20.6 Å². The fourth-order valence-corrected chi connectivity index (χ4v) is 4.22. The molecule has 0 radical (unpaired) electrons. The number of hydrogen-bond donors (Lipinski definition) is 2. The van der Waals surface area contributed by atoms with E-state index in [-0.39, 0.29) is 5.91 Å². The van der Waals surface area contributed by atoms with Crippen molar-refractivity contribution in [3.63, 3.8) is 0 Å². The van der Waals surface area contributed by atoms with Crippen LogP contribution < -0.4 is 9.64 Å². The zero-order valence-electron chi connectivity index (χ0n) is 17.5. The van der Waals surface area contributed by atoms with Gasteiger partial charge in [-0.1, -0.05) is 36.0 Å². The minimum absolute atomic E-state index is 0.208. The third kappa shape index (κ3) is 5.18. The molecule has 1 aromatic heterocycles. The molecule has 166 valence electrons. The number of aromatic amines is 1. The number of carboxylic acids is 1. The molecule has 0 fully saturated rings. The molecule has 9 nitrogen and oxygen atoms in total. The minimum Gasteiger partial charge on any atom is -0.482 e. The van der Waals surface area contributed by atoms with E-state index < -0.39 is 12.6 Å². The van der Waals surface area contributed by atoms with Crippen LogP contribution in [-0.4, -0.2) is 51.3 Å². The molecule has 10 heteroatoms. The van der Waals surface area contributed by atoms with Gasteiger partial charge in [0.1, 0.15) is 5.75 Å². The van der Waals surface area contributed by atoms with Crippen LogP contribution in [-0.2, 0) is 4.79 Å². The Morgan fingerprint density at radius 3 is 2.39 bits per heavy atom. The highest BCUT2D eigenvalue weighted by atomic mass is 32.2. The number of aliphatic carboxylic acids is 1. The lowest BCUT2D eigenvalue weighted by Crippen LogP contribution is -2.26. The van der Waals surface area contributed by atoms with Crippen molar-refractivity contribution >= 4 is 29.3 Å². The van der Waals surface area contributed by atoms with Gasteiger partial charge in [-0.2, -0.15) is 0 Å². The Hall–Kier alpha value is -4.18. The Morgan fingerprint density at radius 2 is 1.70 bits per heavy atom. The lowest BCUT2D eigenvalue weighted by atomic mass is 10.2. The van der Waals surface area contributed by atoms with Gasteiger partial charge in [0.25, 0.3) is 5.91 Å². The largest absolute Gasteiger partial charge is 0.482 e. The van der Waals surface area contributed by atoms with Gasteiger partial charge in [-0.15, -0.1) is 5.10 Å². The lowest BCUT2D eigenvalue weighted by Gasteiger charge is -2.21. The predicted molar refractivity (Wildman–Crippen MR) is 122 cm³/mol.